The van der Waals surface area contributed by atoms with Crippen LogP contribution in [0.15, 0.2) is 18.2 Å². The fourth-order valence-electron chi connectivity index (χ4n) is 4.74. The van der Waals surface area contributed by atoms with Gasteiger partial charge in [-0.2, -0.15) is 0 Å². The van der Waals surface area contributed by atoms with Crippen LogP contribution in [0.3, 0.4) is 0 Å². The Labute approximate surface area is 207 Å². The molecular weight excluding hydrogens is 446 g/mol. The molecule has 1 aromatic carbocycles. The number of rotatable bonds is 16. The van der Waals surface area contributed by atoms with Crippen molar-refractivity contribution in [1.29, 1.82) is 0 Å². The Morgan fingerprint density at radius 2 is 1.37 bits per heavy atom. The molecule has 2 heterocycles. The van der Waals surface area contributed by atoms with E-state index in [-0.39, 0.29) is 29.9 Å². The van der Waals surface area contributed by atoms with Crippen LogP contribution in [-0.4, -0.2) is 47.7 Å². The van der Waals surface area contributed by atoms with Crippen molar-refractivity contribution >= 4 is 23.6 Å². The number of unbranched alkanes of at least 4 members (excludes halogenated alkanes) is 11. The van der Waals surface area contributed by atoms with Gasteiger partial charge in [0, 0.05) is 6.42 Å². The second-order valence-corrected chi connectivity index (χ2v) is 9.53. The van der Waals surface area contributed by atoms with Crippen LogP contribution in [0.25, 0.3) is 0 Å². The quantitative estimate of drug-likeness (QED) is 0.269. The summed E-state index contributed by atoms with van der Waals surface area (Å²) in [6, 6.07) is 3.89. The fraction of sp³-hybridized carbons (Fsp3) is 0.630. The Hall–Kier alpha value is -2.74. The second-order valence-electron chi connectivity index (χ2n) is 9.53. The van der Waals surface area contributed by atoms with E-state index in [1.54, 1.807) is 18.2 Å². The lowest BCUT2D eigenvalue weighted by Gasteiger charge is -2.27. The highest BCUT2D eigenvalue weighted by Crippen LogP contribution is 2.30. The molecule has 1 atom stereocenters. The van der Waals surface area contributed by atoms with E-state index >= 15 is 0 Å². The summed E-state index contributed by atoms with van der Waals surface area (Å²) in [5, 5.41) is 2.20. The van der Waals surface area contributed by atoms with Crippen LogP contribution in [0.5, 0.6) is 5.75 Å². The van der Waals surface area contributed by atoms with Crippen molar-refractivity contribution in [2.45, 2.75) is 95.9 Å². The standard InChI is InChI=1S/C27H39N3O5/c28-17-11-9-7-5-3-1-2-4-6-8-10-12-18-35-20-13-14-21-22(19-20)27(34)30(26(21)33)23-15-16-24(31)29-25(23)32/h13-14,19,23H,1-12,15-18,28H2,(H,29,31,32). The van der Waals surface area contributed by atoms with Crippen LogP contribution >= 0.6 is 0 Å². The van der Waals surface area contributed by atoms with E-state index in [0.717, 1.165) is 30.7 Å². The topological polar surface area (TPSA) is 119 Å². The predicted octanol–water partition coefficient (Wildman–Crippen LogP) is 4.11. The van der Waals surface area contributed by atoms with Gasteiger partial charge in [-0.25, -0.2) is 0 Å². The first-order valence-corrected chi connectivity index (χ1v) is 13.2. The molecule has 1 saturated heterocycles. The van der Waals surface area contributed by atoms with Crippen LogP contribution < -0.4 is 15.8 Å². The zero-order chi connectivity index (χ0) is 25.0. The summed E-state index contributed by atoms with van der Waals surface area (Å²) in [5.41, 5.74) is 6.02. The van der Waals surface area contributed by atoms with E-state index in [9.17, 15) is 19.2 Å². The first kappa shape index (κ1) is 26.9. The monoisotopic (exact) mass is 485 g/mol. The van der Waals surface area contributed by atoms with Gasteiger partial charge in [-0.15, -0.1) is 0 Å². The van der Waals surface area contributed by atoms with Gasteiger partial charge >= 0.3 is 0 Å². The molecule has 0 spiro atoms. The van der Waals surface area contributed by atoms with Gasteiger partial charge in [0.2, 0.25) is 11.8 Å². The number of amides is 4. The van der Waals surface area contributed by atoms with Gasteiger partial charge in [-0.3, -0.25) is 29.4 Å². The van der Waals surface area contributed by atoms with Gasteiger partial charge < -0.3 is 10.5 Å². The maximum Gasteiger partial charge on any atom is 0.262 e. The lowest BCUT2D eigenvalue weighted by Crippen LogP contribution is -2.54. The zero-order valence-electron chi connectivity index (χ0n) is 20.7. The smallest absolute Gasteiger partial charge is 0.262 e. The third-order valence-electron chi connectivity index (χ3n) is 6.78. The molecular formula is C27H39N3O5. The number of fused-ring (bicyclic) bond motifs is 1. The van der Waals surface area contributed by atoms with Crippen molar-refractivity contribution in [2.24, 2.45) is 5.73 Å². The minimum atomic E-state index is -0.953. The summed E-state index contributed by atoms with van der Waals surface area (Å²) in [4.78, 5) is 50.1. The first-order chi connectivity index (χ1) is 17.0. The van der Waals surface area contributed by atoms with E-state index in [0.29, 0.717) is 12.4 Å². The molecule has 0 saturated carbocycles. The zero-order valence-corrected chi connectivity index (χ0v) is 20.7. The summed E-state index contributed by atoms with van der Waals surface area (Å²) in [5.74, 6) is -1.46. The number of hydrogen-bond acceptors (Lipinski definition) is 6. The Morgan fingerprint density at radius 3 is 1.97 bits per heavy atom. The number of hydrogen-bond donors (Lipinski definition) is 2. The lowest BCUT2D eigenvalue weighted by atomic mass is 10.0. The molecule has 3 rings (SSSR count). The largest absolute Gasteiger partial charge is 0.494 e. The number of carbonyl (C=O) groups is 4. The van der Waals surface area contributed by atoms with Crippen LogP contribution in [0.4, 0.5) is 0 Å². The minimum absolute atomic E-state index is 0.105. The Balaban J connectivity index is 1.31. The third kappa shape index (κ3) is 7.62. The van der Waals surface area contributed by atoms with Crippen LogP contribution in [0, 0.1) is 0 Å². The van der Waals surface area contributed by atoms with E-state index in [2.05, 4.69) is 5.32 Å². The molecule has 0 aliphatic carbocycles. The van der Waals surface area contributed by atoms with Gasteiger partial charge in [0.05, 0.1) is 17.7 Å². The number of nitrogens with one attached hydrogen (secondary N) is 1. The van der Waals surface area contributed by atoms with Crippen LogP contribution in [-0.2, 0) is 9.59 Å². The Morgan fingerprint density at radius 1 is 0.800 bits per heavy atom. The molecule has 0 bridgehead atoms. The molecule has 4 amide bonds. The van der Waals surface area contributed by atoms with E-state index < -0.39 is 23.8 Å². The molecule has 35 heavy (non-hydrogen) atoms. The maximum absolute atomic E-state index is 12.9. The molecule has 192 valence electrons. The summed E-state index contributed by atoms with van der Waals surface area (Å²) < 4.78 is 5.82. The van der Waals surface area contributed by atoms with E-state index in [1.807, 2.05) is 0 Å². The molecule has 1 fully saturated rings. The normalized spacial score (nSPS) is 17.6. The highest BCUT2D eigenvalue weighted by Gasteiger charge is 2.44. The Kier molecular flexibility index (Phi) is 10.7. The van der Waals surface area contributed by atoms with Crippen molar-refractivity contribution in [3.05, 3.63) is 29.3 Å². The molecule has 8 heteroatoms. The summed E-state index contributed by atoms with van der Waals surface area (Å²) in [6.07, 6.45) is 15.0. The summed E-state index contributed by atoms with van der Waals surface area (Å²) in [6.45, 7) is 1.37. The average Bonchev–Trinajstić information content (AvgIpc) is 3.09. The van der Waals surface area contributed by atoms with Crippen molar-refractivity contribution in [1.82, 2.24) is 10.2 Å². The molecule has 2 aliphatic rings. The highest BCUT2D eigenvalue weighted by molar-refractivity contribution is 6.23. The second kappa shape index (κ2) is 14.0. The van der Waals surface area contributed by atoms with Crippen molar-refractivity contribution in [2.75, 3.05) is 13.2 Å². The van der Waals surface area contributed by atoms with Gasteiger partial charge in [-0.1, -0.05) is 64.2 Å². The SMILES string of the molecule is NCCCCCCCCCCCCCCOc1ccc2c(c1)C(=O)N(C1CCC(=O)NC1=O)C2=O. The number of benzene rings is 1. The van der Waals surface area contributed by atoms with Gasteiger partial charge in [0.15, 0.2) is 0 Å². The number of nitrogens with two attached hydrogens (primary N) is 1. The predicted molar refractivity (Wildman–Crippen MR) is 133 cm³/mol. The van der Waals surface area contributed by atoms with Gasteiger partial charge in [0.1, 0.15) is 11.8 Å². The fourth-order valence-corrected chi connectivity index (χ4v) is 4.74. The van der Waals surface area contributed by atoms with Crippen molar-refractivity contribution in [3.63, 3.8) is 0 Å². The molecule has 1 unspecified atom stereocenters. The van der Waals surface area contributed by atoms with Crippen molar-refractivity contribution < 1.29 is 23.9 Å². The average molecular weight is 486 g/mol. The maximum atomic E-state index is 12.9. The van der Waals surface area contributed by atoms with E-state index in [1.165, 1.54) is 57.8 Å². The summed E-state index contributed by atoms with van der Waals surface area (Å²) >= 11 is 0. The highest BCUT2D eigenvalue weighted by atomic mass is 16.5. The molecule has 8 nitrogen and oxygen atoms in total. The van der Waals surface area contributed by atoms with Gasteiger partial charge in [0.25, 0.3) is 11.8 Å². The third-order valence-corrected chi connectivity index (χ3v) is 6.78. The van der Waals surface area contributed by atoms with E-state index in [4.69, 9.17) is 10.5 Å². The number of ether oxygens (including phenoxy) is 1. The van der Waals surface area contributed by atoms with Crippen molar-refractivity contribution in [3.8, 4) is 5.75 Å². The molecule has 0 radical (unpaired) electrons. The number of carbonyl (C=O) groups excluding carboxylic acids is 4. The molecule has 2 aliphatic heterocycles. The number of imide groups is 2. The molecule has 0 aromatic heterocycles. The Bertz CT molecular complexity index is 901. The van der Waals surface area contributed by atoms with Gasteiger partial charge in [-0.05, 0) is 44.0 Å². The molecule has 3 N–H and O–H groups in total. The van der Waals surface area contributed by atoms with Crippen LogP contribution in [0.1, 0.15) is 111 Å². The molecule has 1 aromatic rings. The van der Waals surface area contributed by atoms with Crippen LogP contribution in [0.2, 0.25) is 0 Å². The minimum Gasteiger partial charge on any atom is -0.494 e. The summed E-state index contributed by atoms with van der Waals surface area (Å²) in [7, 11) is 0. The number of nitrogens with zero attached hydrogens (tertiary/aromatic N) is 1. The first-order valence-electron chi connectivity index (χ1n) is 13.2. The number of piperidine rings is 1. The lowest BCUT2D eigenvalue weighted by molar-refractivity contribution is -0.136.